The average molecular weight is 253 g/mol. The summed E-state index contributed by atoms with van der Waals surface area (Å²) in [6, 6.07) is 8.53. The van der Waals surface area contributed by atoms with Gasteiger partial charge in [-0.2, -0.15) is 0 Å². The molecule has 0 aliphatic carbocycles. The zero-order chi connectivity index (χ0) is 10.6. The topological polar surface area (TPSA) is 0 Å². The van der Waals surface area contributed by atoms with Crippen molar-refractivity contribution in [3.63, 3.8) is 0 Å². The molecular formula is C13H17Br. The van der Waals surface area contributed by atoms with Crippen LogP contribution in [-0.2, 0) is 6.42 Å². The summed E-state index contributed by atoms with van der Waals surface area (Å²) in [5.74, 6) is 0. The van der Waals surface area contributed by atoms with E-state index in [9.17, 15) is 0 Å². The molecule has 0 heterocycles. The van der Waals surface area contributed by atoms with Crippen molar-refractivity contribution < 1.29 is 0 Å². The van der Waals surface area contributed by atoms with Crippen molar-refractivity contribution in [2.24, 2.45) is 5.41 Å². The predicted octanol–water partition coefficient (Wildman–Crippen LogP) is 4.12. The quantitative estimate of drug-likeness (QED) is 0.559. The molecule has 0 saturated heterocycles. The molecule has 0 fully saturated rings. The average Bonchev–Trinajstić information content (AvgIpc) is 2.21. The third-order valence-corrected chi connectivity index (χ3v) is 3.93. The molecule has 1 rings (SSSR count). The molecule has 0 spiro atoms. The fourth-order valence-corrected chi connectivity index (χ4v) is 1.84. The maximum Gasteiger partial charge on any atom is 0.0123 e. The van der Waals surface area contributed by atoms with Crippen LogP contribution in [0, 0.1) is 12.3 Å². The highest BCUT2D eigenvalue weighted by Gasteiger charge is 2.19. The van der Waals surface area contributed by atoms with E-state index in [1.807, 2.05) is 6.08 Å². The lowest BCUT2D eigenvalue weighted by molar-refractivity contribution is 0.492. The number of halogens is 1. The van der Waals surface area contributed by atoms with Crippen LogP contribution in [0.1, 0.15) is 18.1 Å². The Morgan fingerprint density at radius 2 is 2.07 bits per heavy atom. The van der Waals surface area contributed by atoms with E-state index in [0.29, 0.717) is 0 Å². The van der Waals surface area contributed by atoms with Gasteiger partial charge >= 0.3 is 0 Å². The summed E-state index contributed by atoms with van der Waals surface area (Å²) in [4.78, 5) is 0. The second kappa shape index (κ2) is 4.79. The minimum absolute atomic E-state index is 0.159. The first-order chi connectivity index (χ1) is 6.61. The SMILES string of the molecule is C=CC(C)(CBr)Cc1ccccc1C. The summed E-state index contributed by atoms with van der Waals surface area (Å²) < 4.78 is 0. The Kier molecular flexibility index (Phi) is 3.94. The molecule has 0 N–H and O–H groups in total. The van der Waals surface area contributed by atoms with E-state index < -0.39 is 0 Å². The Balaban J connectivity index is 2.87. The zero-order valence-corrected chi connectivity index (χ0v) is 10.5. The van der Waals surface area contributed by atoms with Crippen LogP contribution in [-0.4, -0.2) is 5.33 Å². The number of aryl methyl sites for hydroxylation is 1. The third-order valence-electron chi connectivity index (χ3n) is 2.65. The predicted molar refractivity (Wildman–Crippen MR) is 67.0 cm³/mol. The van der Waals surface area contributed by atoms with Gasteiger partial charge in [0.2, 0.25) is 0 Å². The van der Waals surface area contributed by atoms with Crippen molar-refractivity contribution in [3.05, 3.63) is 48.0 Å². The Hall–Kier alpha value is -0.560. The smallest absolute Gasteiger partial charge is 0.0123 e. The van der Waals surface area contributed by atoms with Crippen LogP contribution in [0.4, 0.5) is 0 Å². The van der Waals surface area contributed by atoms with Gasteiger partial charge in [0.25, 0.3) is 0 Å². The summed E-state index contributed by atoms with van der Waals surface area (Å²) in [7, 11) is 0. The highest BCUT2D eigenvalue weighted by atomic mass is 79.9. The number of hydrogen-bond acceptors (Lipinski definition) is 0. The summed E-state index contributed by atoms with van der Waals surface area (Å²) in [5.41, 5.74) is 2.93. The van der Waals surface area contributed by atoms with Gasteiger partial charge in [-0.3, -0.25) is 0 Å². The van der Waals surface area contributed by atoms with Gasteiger partial charge in [-0.15, -0.1) is 6.58 Å². The molecule has 0 nitrogen and oxygen atoms in total. The van der Waals surface area contributed by atoms with Gasteiger partial charge in [-0.05, 0) is 29.9 Å². The first kappa shape index (κ1) is 11.5. The van der Waals surface area contributed by atoms with Crippen molar-refractivity contribution in [3.8, 4) is 0 Å². The minimum Gasteiger partial charge on any atom is -0.102 e. The molecule has 0 amide bonds. The molecule has 14 heavy (non-hydrogen) atoms. The summed E-state index contributed by atoms with van der Waals surface area (Å²) in [6.07, 6.45) is 3.09. The lowest BCUT2D eigenvalue weighted by Gasteiger charge is -2.23. The van der Waals surface area contributed by atoms with Crippen LogP contribution in [0.25, 0.3) is 0 Å². The second-order valence-corrected chi connectivity index (χ2v) is 4.66. The summed E-state index contributed by atoms with van der Waals surface area (Å²) >= 11 is 3.54. The van der Waals surface area contributed by atoms with Crippen LogP contribution < -0.4 is 0 Å². The van der Waals surface area contributed by atoms with E-state index in [1.165, 1.54) is 11.1 Å². The standard InChI is InChI=1S/C13H17Br/c1-4-13(3,10-14)9-12-8-6-5-7-11(12)2/h4-8H,1,9-10H2,2-3H3. The van der Waals surface area contributed by atoms with E-state index in [0.717, 1.165) is 11.8 Å². The zero-order valence-electron chi connectivity index (χ0n) is 8.89. The normalized spacial score (nSPS) is 14.8. The first-order valence-corrected chi connectivity index (χ1v) is 5.97. The number of alkyl halides is 1. The minimum atomic E-state index is 0.159. The Labute approximate surface area is 95.2 Å². The Morgan fingerprint density at radius 1 is 1.43 bits per heavy atom. The number of rotatable bonds is 4. The van der Waals surface area contributed by atoms with Crippen molar-refractivity contribution in [1.29, 1.82) is 0 Å². The maximum absolute atomic E-state index is 3.90. The van der Waals surface area contributed by atoms with Crippen molar-refractivity contribution >= 4 is 15.9 Å². The molecular weight excluding hydrogens is 236 g/mol. The van der Waals surface area contributed by atoms with E-state index in [-0.39, 0.29) is 5.41 Å². The van der Waals surface area contributed by atoms with Crippen LogP contribution in [0.2, 0.25) is 0 Å². The van der Waals surface area contributed by atoms with Crippen molar-refractivity contribution in [2.75, 3.05) is 5.33 Å². The third kappa shape index (κ3) is 2.71. The monoisotopic (exact) mass is 252 g/mol. The van der Waals surface area contributed by atoms with Crippen molar-refractivity contribution in [2.45, 2.75) is 20.3 Å². The van der Waals surface area contributed by atoms with Gasteiger partial charge in [0.05, 0.1) is 0 Å². The molecule has 1 aromatic carbocycles. The molecule has 0 saturated carbocycles. The van der Waals surface area contributed by atoms with E-state index in [2.05, 4.69) is 60.6 Å². The largest absolute Gasteiger partial charge is 0.102 e. The number of allylic oxidation sites excluding steroid dienone is 1. The van der Waals surface area contributed by atoms with Gasteiger partial charge < -0.3 is 0 Å². The second-order valence-electron chi connectivity index (χ2n) is 4.10. The molecule has 1 unspecified atom stereocenters. The molecule has 0 bridgehead atoms. The van der Waals surface area contributed by atoms with Gasteiger partial charge in [0.15, 0.2) is 0 Å². The molecule has 0 aliphatic heterocycles. The molecule has 0 aliphatic rings. The molecule has 1 aromatic rings. The lowest BCUT2D eigenvalue weighted by Crippen LogP contribution is -2.18. The van der Waals surface area contributed by atoms with Gasteiger partial charge in [-0.1, -0.05) is 53.2 Å². The van der Waals surface area contributed by atoms with Gasteiger partial charge in [0, 0.05) is 5.33 Å². The molecule has 76 valence electrons. The summed E-state index contributed by atoms with van der Waals surface area (Å²) in [6.45, 7) is 8.28. The molecule has 1 atom stereocenters. The highest BCUT2D eigenvalue weighted by molar-refractivity contribution is 9.09. The van der Waals surface area contributed by atoms with Gasteiger partial charge in [-0.25, -0.2) is 0 Å². The molecule has 0 radical (unpaired) electrons. The van der Waals surface area contributed by atoms with Crippen LogP contribution >= 0.6 is 15.9 Å². The van der Waals surface area contributed by atoms with Crippen LogP contribution in [0.3, 0.4) is 0 Å². The molecule has 0 aromatic heterocycles. The number of benzene rings is 1. The molecule has 1 heteroatoms. The van der Waals surface area contributed by atoms with E-state index in [4.69, 9.17) is 0 Å². The first-order valence-electron chi connectivity index (χ1n) is 4.85. The van der Waals surface area contributed by atoms with E-state index >= 15 is 0 Å². The van der Waals surface area contributed by atoms with Crippen molar-refractivity contribution in [1.82, 2.24) is 0 Å². The number of hydrogen-bond donors (Lipinski definition) is 0. The Bertz CT molecular complexity index is 317. The van der Waals surface area contributed by atoms with Crippen LogP contribution in [0.5, 0.6) is 0 Å². The highest BCUT2D eigenvalue weighted by Crippen LogP contribution is 2.27. The van der Waals surface area contributed by atoms with Gasteiger partial charge in [0.1, 0.15) is 0 Å². The summed E-state index contributed by atoms with van der Waals surface area (Å²) in [5, 5.41) is 0.956. The van der Waals surface area contributed by atoms with Crippen LogP contribution in [0.15, 0.2) is 36.9 Å². The Morgan fingerprint density at radius 3 is 2.57 bits per heavy atom. The maximum atomic E-state index is 3.90. The van der Waals surface area contributed by atoms with E-state index in [1.54, 1.807) is 0 Å². The fourth-order valence-electron chi connectivity index (χ4n) is 1.42. The lowest BCUT2D eigenvalue weighted by atomic mass is 9.84. The fraction of sp³-hybridized carbons (Fsp3) is 0.385.